The molecule has 0 amide bonds. The van der Waals surface area contributed by atoms with Crippen LogP contribution in [0.4, 0.5) is 17.1 Å². The molecule has 0 unspecified atom stereocenters. The van der Waals surface area contributed by atoms with Crippen molar-refractivity contribution in [3.05, 3.63) is 242 Å². The lowest BCUT2D eigenvalue weighted by atomic mass is 9.86. The second kappa shape index (κ2) is 16.1. The van der Waals surface area contributed by atoms with E-state index in [2.05, 4.69) is 267 Å². The van der Waals surface area contributed by atoms with Gasteiger partial charge in [-0.15, -0.1) is 0 Å². The normalized spacial score (nSPS) is 11.7. The molecule has 2 nitrogen and oxygen atoms in total. The Balaban J connectivity index is 1.17. The largest absolute Gasteiger partial charge is 0.309 e. The second-order valence-corrected chi connectivity index (χ2v) is 17.7. The van der Waals surface area contributed by atoms with Gasteiger partial charge in [0.05, 0.1) is 28.1 Å². The van der Waals surface area contributed by atoms with Crippen LogP contribution in [-0.2, 0) is 5.41 Å². The Morgan fingerprint density at radius 2 is 0.828 bits per heavy atom. The van der Waals surface area contributed by atoms with Gasteiger partial charge in [-0.1, -0.05) is 209 Å². The van der Waals surface area contributed by atoms with E-state index in [0.717, 1.165) is 45.0 Å². The first kappa shape index (κ1) is 38.9. The molecule has 1 heterocycles. The predicted octanol–water partition coefficient (Wildman–Crippen LogP) is 17.4. The van der Waals surface area contributed by atoms with Gasteiger partial charge in [-0.25, -0.2) is 0 Å². The maximum Gasteiger partial charge on any atom is 0.0541 e. The van der Waals surface area contributed by atoms with Crippen molar-refractivity contribution in [1.29, 1.82) is 0 Å². The minimum atomic E-state index is 0.0491. The monoisotopic (exact) mass is 820 g/mol. The van der Waals surface area contributed by atoms with E-state index in [-0.39, 0.29) is 5.41 Å². The molecule has 0 aliphatic rings. The summed E-state index contributed by atoms with van der Waals surface area (Å²) < 4.78 is 2.39. The van der Waals surface area contributed by atoms with Gasteiger partial charge >= 0.3 is 0 Å². The minimum absolute atomic E-state index is 0.0491. The molecule has 64 heavy (non-hydrogen) atoms. The predicted molar refractivity (Wildman–Crippen MR) is 273 cm³/mol. The number of benzene rings is 10. The van der Waals surface area contributed by atoms with E-state index >= 15 is 0 Å². The number of nitrogens with zero attached hydrogens (tertiary/aromatic N) is 2. The minimum Gasteiger partial charge on any atom is -0.309 e. The van der Waals surface area contributed by atoms with Crippen LogP contribution in [0, 0.1) is 0 Å². The van der Waals surface area contributed by atoms with E-state index in [4.69, 9.17) is 0 Å². The van der Waals surface area contributed by atoms with Crippen molar-refractivity contribution in [3.63, 3.8) is 0 Å². The lowest BCUT2D eigenvalue weighted by Crippen LogP contribution is -2.14. The lowest BCUT2D eigenvalue weighted by Gasteiger charge is -2.32. The summed E-state index contributed by atoms with van der Waals surface area (Å²) in [6, 6.07) is 86.7. The Morgan fingerprint density at radius 3 is 1.50 bits per heavy atom. The molecule has 0 aliphatic heterocycles. The Morgan fingerprint density at radius 1 is 0.344 bits per heavy atom. The molecule has 0 saturated carbocycles. The van der Waals surface area contributed by atoms with Gasteiger partial charge < -0.3 is 9.47 Å². The molecule has 11 rings (SSSR count). The van der Waals surface area contributed by atoms with Crippen LogP contribution < -0.4 is 4.90 Å². The lowest BCUT2D eigenvalue weighted by molar-refractivity contribution is 0.590. The number of fused-ring (bicyclic) bond motifs is 4. The summed E-state index contributed by atoms with van der Waals surface area (Å²) in [6.07, 6.45) is 0. The number of anilines is 3. The first-order valence-corrected chi connectivity index (χ1v) is 22.3. The van der Waals surface area contributed by atoms with Crippen LogP contribution in [0.25, 0.3) is 82.8 Å². The van der Waals surface area contributed by atoms with Gasteiger partial charge in [0.25, 0.3) is 0 Å². The van der Waals surface area contributed by atoms with Crippen molar-refractivity contribution in [2.24, 2.45) is 0 Å². The van der Waals surface area contributed by atoms with E-state index in [9.17, 15) is 0 Å². The fraction of sp³-hybridized carbons (Fsp3) is 0.0645. The number of hydrogen-bond acceptors (Lipinski definition) is 1. The molecule has 10 aromatic carbocycles. The SMILES string of the molecule is CC(C)(C)c1ccc(-c2ccccc2N(c2ccccc2-c2ccc3c(c2)c2ccccc2n3-c2ccccc2)c2ccccc2-c2cccc3cccc(-c4ccccc4)c23)cc1. The van der Waals surface area contributed by atoms with Crippen molar-refractivity contribution < 1.29 is 0 Å². The first-order chi connectivity index (χ1) is 31.4. The quantitative estimate of drug-likeness (QED) is 0.148. The van der Waals surface area contributed by atoms with Crippen molar-refractivity contribution >= 4 is 49.6 Å². The van der Waals surface area contributed by atoms with Crippen molar-refractivity contribution in [2.75, 3.05) is 4.90 Å². The van der Waals surface area contributed by atoms with Crippen LogP contribution in [0.15, 0.2) is 237 Å². The van der Waals surface area contributed by atoms with E-state index in [1.54, 1.807) is 0 Å². The highest BCUT2D eigenvalue weighted by Crippen LogP contribution is 2.50. The number of rotatable bonds is 8. The third-order valence-electron chi connectivity index (χ3n) is 12.8. The maximum absolute atomic E-state index is 2.51. The molecule has 0 spiro atoms. The van der Waals surface area contributed by atoms with Crippen LogP contribution in [0.5, 0.6) is 0 Å². The number of para-hydroxylation sites is 5. The highest BCUT2D eigenvalue weighted by atomic mass is 15.1. The van der Waals surface area contributed by atoms with Crippen LogP contribution in [0.3, 0.4) is 0 Å². The molecular formula is C62H48N2. The molecule has 0 radical (unpaired) electrons. The molecule has 0 bridgehead atoms. The smallest absolute Gasteiger partial charge is 0.0541 e. The fourth-order valence-corrected chi connectivity index (χ4v) is 9.68. The Hall–Kier alpha value is -7.94. The number of hydrogen-bond donors (Lipinski definition) is 0. The molecule has 0 saturated heterocycles. The average molecular weight is 821 g/mol. The van der Waals surface area contributed by atoms with Crippen LogP contribution in [0.2, 0.25) is 0 Å². The van der Waals surface area contributed by atoms with E-state index in [1.165, 1.54) is 60.4 Å². The summed E-state index contributed by atoms with van der Waals surface area (Å²) in [4.78, 5) is 2.51. The van der Waals surface area contributed by atoms with Gasteiger partial charge in [0.15, 0.2) is 0 Å². The molecule has 0 atom stereocenters. The standard InChI is InChI=1S/C62H48N2/c1-62(2,3)47-39-36-44(37-40-47)49-26-10-14-32-56(49)64(59-35-17-12-28-52(59)54-31-19-23-45-22-18-30-51(61(45)54)43-20-6-4-7-21-43)57-33-15-11-27-50(57)46-38-41-60-55(42-46)53-29-13-16-34-58(53)63(60)48-24-8-5-9-25-48/h4-42H,1-3H3. The summed E-state index contributed by atoms with van der Waals surface area (Å²) in [5, 5.41) is 4.91. The highest BCUT2D eigenvalue weighted by Gasteiger charge is 2.25. The van der Waals surface area contributed by atoms with Gasteiger partial charge in [0, 0.05) is 33.2 Å². The van der Waals surface area contributed by atoms with Crippen LogP contribution in [0.1, 0.15) is 26.3 Å². The topological polar surface area (TPSA) is 8.17 Å². The summed E-state index contributed by atoms with van der Waals surface area (Å²) in [6.45, 7) is 6.83. The fourth-order valence-electron chi connectivity index (χ4n) is 9.68. The molecule has 0 aliphatic carbocycles. The first-order valence-electron chi connectivity index (χ1n) is 22.3. The van der Waals surface area contributed by atoms with E-state index in [1.807, 2.05) is 0 Å². The average Bonchev–Trinajstić information content (AvgIpc) is 3.68. The van der Waals surface area contributed by atoms with Gasteiger partial charge in [-0.3, -0.25) is 0 Å². The summed E-state index contributed by atoms with van der Waals surface area (Å²) >= 11 is 0. The summed E-state index contributed by atoms with van der Waals surface area (Å²) in [5.74, 6) is 0. The van der Waals surface area contributed by atoms with E-state index < -0.39 is 0 Å². The molecular weight excluding hydrogens is 773 g/mol. The molecule has 0 N–H and O–H groups in total. The summed E-state index contributed by atoms with van der Waals surface area (Å²) in [5.41, 5.74) is 17.6. The zero-order valence-electron chi connectivity index (χ0n) is 36.4. The van der Waals surface area contributed by atoms with E-state index in [0.29, 0.717) is 0 Å². The molecule has 0 fully saturated rings. The summed E-state index contributed by atoms with van der Waals surface area (Å²) in [7, 11) is 0. The van der Waals surface area contributed by atoms with Crippen LogP contribution >= 0.6 is 0 Å². The third-order valence-corrected chi connectivity index (χ3v) is 12.8. The van der Waals surface area contributed by atoms with Crippen molar-refractivity contribution in [2.45, 2.75) is 26.2 Å². The van der Waals surface area contributed by atoms with Gasteiger partial charge in [0.1, 0.15) is 0 Å². The molecule has 11 aromatic rings. The van der Waals surface area contributed by atoms with Crippen molar-refractivity contribution in [1.82, 2.24) is 4.57 Å². The Labute approximate surface area is 376 Å². The van der Waals surface area contributed by atoms with Gasteiger partial charge in [-0.2, -0.15) is 0 Å². The molecule has 1 aromatic heterocycles. The zero-order valence-corrected chi connectivity index (χ0v) is 36.4. The van der Waals surface area contributed by atoms with Crippen LogP contribution in [-0.4, -0.2) is 4.57 Å². The Kier molecular flexibility index (Phi) is 9.78. The highest BCUT2D eigenvalue weighted by molar-refractivity contribution is 6.12. The molecule has 2 heteroatoms. The third kappa shape index (κ3) is 6.85. The number of aromatic nitrogens is 1. The van der Waals surface area contributed by atoms with Crippen molar-refractivity contribution in [3.8, 4) is 50.2 Å². The molecule has 306 valence electrons. The van der Waals surface area contributed by atoms with Gasteiger partial charge in [0.2, 0.25) is 0 Å². The zero-order chi connectivity index (χ0) is 43.2. The Bertz CT molecular complexity index is 3460. The second-order valence-electron chi connectivity index (χ2n) is 17.7. The maximum atomic E-state index is 2.51. The van der Waals surface area contributed by atoms with Gasteiger partial charge in [-0.05, 0) is 98.1 Å².